The molecular formula is C26H25N3O5S. The van der Waals surface area contributed by atoms with Gasteiger partial charge in [0, 0.05) is 24.0 Å². The van der Waals surface area contributed by atoms with Crippen molar-refractivity contribution in [2.24, 2.45) is 0 Å². The van der Waals surface area contributed by atoms with Gasteiger partial charge in [0.15, 0.2) is 0 Å². The molecule has 0 N–H and O–H groups in total. The maximum absolute atomic E-state index is 13.0. The average molecular weight is 492 g/mol. The summed E-state index contributed by atoms with van der Waals surface area (Å²) in [6, 6.07) is 16.3. The van der Waals surface area contributed by atoms with Crippen LogP contribution in [0.5, 0.6) is 5.75 Å². The number of benzene rings is 2. The summed E-state index contributed by atoms with van der Waals surface area (Å²) in [6.45, 7) is 4.17. The number of methoxy groups -OCH3 is 1. The van der Waals surface area contributed by atoms with Crippen LogP contribution >= 0.6 is 11.8 Å². The van der Waals surface area contributed by atoms with E-state index in [2.05, 4.69) is 0 Å². The molecule has 1 aromatic heterocycles. The van der Waals surface area contributed by atoms with Crippen LogP contribution in [0.4, 0.5) is 10.5 Å². The van der Waals surface area contributed by atoms with E-state index in [-0.39, 0.29) is 16.8 Å². The summed E-state index contributed by atoms with van der Waals surface area (Å²) in [7, 11) is 1.46. The minimum atomic E-state index is -0.469. The van der Waals surface area contributed by atoms with Crippen molar-refractivity contribution in [3.63, 3.8) is 0 Å². The number of nitro groups is 1. The van der Waals surface area contributed by atoms with Gasteiger partial charge in [0.2, 0.25) is 0 Å². The van der Waals surface area contributed by atoms with Crippen LogP contribution in [0.15, 0.2) is 59.5 Å². The molecule has 2 heterocycles. The Morgan fingerprint density at radius 2 is 1.83 bits per heavy atom. The largest absolute Gasteiger partial charge is 0.494 e. The number of imide groups is 1. The fourth-order valence-corrected chi connectivity index (χ4v) is 5.04. The molecular weight excluding hydrogens is 466 g/mol. The summed E-state index contributed by atoms with van der Waals surface area (Å²) >= 11 is 0.945. The Kier molecular flexibility index (Phi) is 7.07. The van der Waals surface area contributed by atoms with Crippen molar-refractivity contribution in [3.8, 4) is 11.4 Å². The number of ether oxygens (including phenoxy) is 1. The normalized spacial score (nSPS) is 14.7. The van der Waals surface area contributed by atoms with E-state index in [0.29, 0.717) is 29.3 Å². The van der Waals surface area contributed by atoms with Crippen molar-refractivity contribution < 1.29 is 19.2 Å². The predicted octanol–water partition coefficient (Wildman–Crippen LogP) is 5.68. The second-order valence-corrected chi connectivity index (χ2v) is 9.19. The molecule has 0 aliphatic carbocycles. The number of nitro benzene ring substituents is 1. The molecule has 2 aromatic carbocycles. The molecule has 0 atom stereocenters. The lowest BCUT2D eigenvalue weighted by atomic mass is 10.1. The maximum atomic E-state index is 13.0. The summed E-state index contributed by atoms with van der Waals surface area (Å²) in [5.41, 5.74) is 4.24. The Morgan fingerprint density at radius 3 is 2.51 bits per heavy atom. The number of hydrogen-bond donors (Lipinski definition) is 0. The molecule has 180 valence electrons. The number of aryl methyl sites for hydroxylation is 2. The minimum absolute atomic E-state index is 0.0609. The van der Waals surface area contributed by atoms with E-state index in [9.17, 15) is 19.7 Å². The SMILES string of the molecule is COc1cc([N+](=O)[O-])ccc1-n1c(C)cc(/C=C2/SC(=O)N(CCCc3ccccc3)C2=O)c1C. The number of carbonyl (C=O) groups excluding carboxylic acids is 2. The first-order valence-corrected chi connectivity index (χ1v) is 11.9. The van der Waals surface area contributed by atoms with Crippen molar-refractivity contribution in [1.29, 1.82) is 0 Å². The van der Waals surface area contributed by atoms with Crippen LogP contribution in [0.2, 0.25) is 0 Å². The van der Waals surface area contributed by atoms with Gasteiger partial charge in [0.1, 0.15) is 5.75 Å². The van der Waals surface area contributed by atoms with Crippen LogP contribution in [0.1, 0.15) is 28.9 Å². The average Bonchev–Trinajstić information content (AvgIpc) is 3.27. The third kappa shape index (κ3) is 5.00. The molecule has 1 aliphatic rings. The van der Waals surface area contributed by atoms with Gasteiger partial charge in [-0.1, -0.05) is 30.3 Å². The number of hydrogen-bond acceptors (Lipinski definition) is 6. The summed E-state index contributed by atoms with van der Waals surface area (Å²) in [5, 5.41) is 10.9. The smallest absolute Gasteiger partial charge is 0.293 e. The summed E-state index contributed by atoms with van der Waals surface area (Å²) in [5.74, 6) is 0.0806. The van der Waals surface area contributed by atoms with E-state index in [1.807, 2.05) is 54.8 Å². The zero-order valence-electron chi connectivity index (χ0n) is 19.7. The summed E-state index contributed by atoms with van der Waals surface area (Å²) in [6.07, 6.45) is 3.22. The number of aromatic nitrogens is 1. The molecule has 3 aromatic rings. The molecule has 0 radical (unpaired) electrons. The van der Waals surface area contributed by atoms with E-state index in [4.69, 9.17) is 4.74 Å². The first-order chi connectivity index (χ1) is 16.8. The highest BCUT2D eigenvalue weighted by Gasteiger charge is 2.34. The number of carbonyl (C=O) groups is 2. The highest BCUT2D eigenvalue weighted by atomic mass is 32.2. The molecule has 0 spiro atoms. The Hall–Kier alpha value is -3.85. The molecule has 1 aliphatic heterocycles. The zero-order valence-corrected chi connectivity index (χ0v) is 20.5. The zero-order chi connectivity index (χ0) is 25.1. The van der Waals surface area contributed by atoms with Gasteiger partial charge in [-0.2, -0.15) is 0 Å². The Bertz CT molecular complexity index is 1330. The number of nitrogens with zero attached hydrogens (tertiary/aromatic N) is 3. The van der Waals surface area contributed by atoms with Crippen molar-refractivity contribution in [2.45, 2.75) is 26.7 Å². The number of rotatable bonds is 8. The molecule has 2 amide bonds. The van der Waals surface area contributed by atoms with Gasteiger partial charge in [0.25, 0.3) is 16.8 Å². The van der Waals surface area contributed by atoms with Crippen molar-refractivity contribution in [1.82, 2.24) is 9.47 Å². The van der Waals surface area contributed by atoms with Crippen LogP contribution in [-0.2, 0) is 11.2 Å². The van der Waals surface area contributed by atoms with E-state index < -0.39 is 4.92 Å². The maximum Gasteiger partial charge on any atom is 0.293 e. The van der Waals surface area contributed by atoms with Gasteiger partial charge >= 0.3 is 0 Å². The molecule has 0 unspecified atom stereocenters. The lowest BCUT2D eigenvalue weighted by molar-refractivity contribution is -0.384. The highest BCUT2D eigenvalue weighted by Crippen LogP contribution is 2.35. The quantitative estimate of drug-likeness (QED) is 0.229. The van der Waals surface area contributed by atoms with Crippen LogP contribution in [0.3, 0.4) is 0 Å². The Balaban J connectivity index is 1.56. The summed E-state index contributed by atoms with van der Waals surface area (Å²) in [4.78, 5) is 37.8. The van der Waals surface area contributed by atoms with Gasteiger partial charge in [0.05, 0.1) is 28.7 Å². The van der Waals surface area contributed by atoms with Crippen LogP contribution in [-0.4, -0.2) is 39.2 Å². The number of amides is 2. The third-order valence-corrected chi connectivity index (χ3v) is 6.84. The fraction of sp³-hybridized carbons (Fsp3) is 0.231. The van der Waals surface area contributed by atoms with Gasteiger partial charge in [-0.25, -0.2) is 0 Å². The van der Waals surface area contributed by atoms with Gasteiger partial charge in [-0.3, -0.25) is 24.6 Å². The van der Waals surface area contributed by atoms with E-state index in [1.54, 1.807) is 12.1 Å². The molecule has 4 rings (SSSR count). The minimum Gasteiger partial charge on any atom is -0.494 e. The number of non-ortho nitro benzene ring substituents is 1. The first-order valence-electron chi connectivity index (χ1n) is 11.1. The second kappa shape index (κ2) is 10.2. The van der Waals surface area contributed by atoms with Crippen molar-refractivity contribution in [2.75, 3.05) is 13.7 Å². The topological polar surface area (TPSA) is 94.7 Å². The third-order valence-electron chi connectivity index (χ3n) is 5.94. The molecule has 0 saturated carbocycles. The van der Waals surface area contributed by atoms with E-state index in [1.165, 1.54) is 29.7 Å². The molecule has 9 heteroatoms. The molecule has 1 fully saturated rings. The first kappa shape index (κ1) is 24.3. The van der Waals surface area contributed by atoms with E-state index in [0.717, 1.165) is 35.1 Å². The molecule has 0 bridgehead atoms. The van der Waals surface area contributed by atoms with Crippen LogP contribution < -0.4 is 4.74 Å². The van der Waals surface area contributed by atoms with Gasteiger partial charge in [-0.05, 0) is 67.8 Å². The fourth-order valence-electron chi connectivity index (χ4n) is 4.19. The Labute approximate surface area is 207 Å². The molecule has 8 nitrogen and oxygen atoms in total. The highest BCUT2D eigenvalue weighted by molar-refractivity contribution is 8.18. The molecule has 35 heavy (non-hydrogen) atoms. The lowest BCUT2D eigenvalue weighted by Crippen LogP contribution is -2.29. The monoisotopic (exact) mass is 491 g/mol. The lowest BCUT2D eigenvalue weighted by Gasteiger charge is -2.14. The second-order valence-electron chi connectivity index (χ2n) is 8.20. The van der Waals surface area contributed by atoms with Crippen LogP contribution in [0, 0.1) is 24.0 Å². The Morgan fingerprint density at radius 1 is 1.09 bits per heavy atom. The van der Waals surface area contributed by atoms with Crippen molar-refractivity contribution in [3.05, 3.63) is 92.1 Å². The van der Waals surface area contributed by atoms with Crippen LogP contribution in [0.25, 0.3) is 11.8 Å². The van der Waals surface area contributed by atoms with Gasteiger partial charge in [-0.15, -0.1) is 0 Å². The summed E-state index contributed by atoms with van der Waals surface area (Å²) < 4.78 is 7.32. The molecule has 1 saturated heterocycles. The predicted molar refractivity (Wildman–Crippen MR) is 136 cm³/mol. The number of thioether (sulfide) groups is 1. The van der Waals surface area contributed by atoms with Gasteiger partial charge < -0.3 is 9.30 Å². The van der Waals surface area contributed by atoms with E-state index >= 15 is 0 Å². The standard InChI is InChI=1S/C26H25N3O5S/c1-17-14-20(18(2)28(17)22-12-11-21(29(32)33)16-23(22)34-3)15-24-25(30)27(26(31)35-24)13-7-10-19-8-5-4-6-9-19/h4-6,8-9,11-12,14-16H,7,10,13H2,1-3H3/b24-15+. The van der Waals surface area contributed by atoms with Crippen molar-refractivity contribution >= 4 is 34.7 Å².